The first-order chi connectivity index (χ1) is 13.1. The van der Waals surface area contributed by atoms with Gasteiger partial charge in [0.15, 0.2) is 0 Å². The maximum absolute atomic E-state index is 13.7. The van der Waals surface area contributed by atoms with E-state index in [4.69, 9.17) is 9.47 Å². The van der Waals surface area contributed by atoms with E-state index in [-0.39, 0.29) is 11.7 Å². The Morgan fingerprint density at radius 3 is 2.89 bits per heavy atom. The topological polar surface area (TPSA) is 50.8 Å². The van der Waals surface area contributed by atoms with Gasteiger partial charge >= 0.3 is 0 Å². The molecule has 4 rings (SSSR count). The Bertz CT molecular complexity index is 939. The fraction of sp³-hybridized carbons (Fsp3) is 0.286. The highest BCUT2D eigenvalue weighted by molar-refractivity contribution is 6.36. The molecule has 0 aromatic heterocycles. The minimum absolute atomic E-state index is 0.262. The number of anilines is 1. The third-order valence-corrected chi connectivity index (χ3v) is 4.87. The number of benzene rings is 2. The molecule has 2 aromatic carbocycles. The van der Waals surface area contributed by atoms with E-state index < -0.39 is 0 Å². The highest BCUT2D eigenvalue weighted by atomic mass is 19.1. The number of halogens is 1. The lowest BCUT2D eigenvalue weighted by Gasteiger charge is -2.16. The third-order valence-electron chi connectivity index (χ3n) is 4.87. The van der Waals surface area contributed by atoms with Crippen LogP contribution in [0.5, 0.6) is 0 Å². The summed E-state index contributed by atoms with van der Waals surface area (Å²) in [6.45, 7) is 2.74. The van der Waals surface area contributed by atoms with E-state index in [1.807, 2.05) is 19.2 Å². The van der Waals surface area contributed by atoms with Crippen LogP contribution in [0.25, 0.3) is 11.3 Å². The normalized spacial score (nSPS) is 17.7. The average Bonchev–Trinajstić information content (AvgIpc) is 3.19. The van der Waals surface area contributed by atoms with E-state index in [1.165, 1.54) is 17.7 Å². The molecule has 140 valence electrons. The third kappa shape index (κ3) is 3.34. The number of ether oxygens (including phenoxy) is 2. The second kappa shape index (κ2) is 7.13. The molecular formula is C21H21FN2O3. The van der Waals surface area contributed by atoms with Crippen molar-refractivity contribution < 1.29 is 18.7 Å². The van der Waals surface area contributed by atoms with Gasteiger partial charge in [-0.3, -0.25) is 9.69 Å². The standard InChI is InChI=1S/C21H21FN2O3/c1-24(7-8-26-2)11-13-3-5-16-14(9-13)12-27-20(16)19-17-10-15(22)4-6-18(17)23-21(19)25/h3-6,9-10H,7-8,11-12H2,1-2H3,(H,23,25)/b20-19+. The van der Waals surface area contributed by atoms with Crippen molar-refractivity contribution in [2.75, 3.05) is 32.6 Å². The lowest BCUT2D eigenvalue weighted by Crippen LogP contribution is -2.22. The molecule has 1 amide bonds. The van der Waals surface area contributed by atoms with Crippen molar-refractivity contribution in [3.63, 3.8) is 0 Å². The van der Waals surface area contributed by atoms with Crippen molar-refractivity contribution in [2.45, 2.75) is 13.2 Å². The molecule has 0 unspecified atom stereocenters. The Kier molecular flexibility index (Phi) is 4.68. The van der Waals surface area contributed by atoms with Crippen LogP contribution in [0.4, 0.5) is 10.1 Å². The number of rotatable bonds is 5. The minimum atomic E-state index is -0.379. The Morgan fingerprint density at radius 1 is 1.22 bits per heavy atom. The molecule has 0 radical (unpaired) electrons. The average molecular weight is 368 g/mol. The number of fused-ring (bicyclic) bond motifs is 2. The number of carbonyl (C=O) groups excluding carboxylic acids is 1. The van der Waals surface area contributed by atoms with Gasteiger partial charge in [0.05, 0.1) is 12.2 Å². The number of hydrogen-bond donors (Lipinski definition) is 1. The van der Waals surface area contributed by atoms with Crippen molar-refractivity contribution in [3.8, 4) is 0 Å². The zero-order valence-corrected chi connectivity index (χ0v) is 15.3. The van der Waals surface area contributed by atoms with Crippen molar-refractivity contribution in [3.05, 3.63) is 64.5 Å². The lowest BCUT2D eigenvalue weighted by atomic mass is 9.99. The fourth-order valence-corrected chi connectivity index (χ4v) is 3.52. The number of likely N-dealkylation sites (N-methyl/N-ethyl adjacent to an activating group) is 1. The number of nitrogens with zero attached hydrogens (tertiary/aromatic N) is 1. The molecule has 2 aromatic rings. The van der Waals surface area contributed by atoms with Crippen LogP contribution in [0, 0.1) is 5.82 Å². The summed E-state index contributed by atoms with van der Waals surface area (Å²) in [6.07, 6.45) is 0. The van der Waals surface area contributed by atoms with Crippen molar-refractivity contribution in [2.24, 2.45) is 0 Å². The number of carbonyl (C=O) groups is 1. The largest absolute Gasteiger partial charge is 0.487 e. The molecule has 0 atom stereocenters. The first-order valence-corrected chi connectivity index (χ1v) is 8.85. The molecular weight excluding hydrogens is 347 g/mol. The fourth-order valence-electron chi connectivity index (χ4n) is 3.52. The Hall–Kier alpha value is -2.70. The quantitative estimate of drug-likeness (QED) is 0.823. The second-order valence-electron chi connectivity index (χ2n) is 6.86. The van der Waals surface area contributed by atoms with E-state index in [9.17, 15) is 9.18 Å². The maximum atomic E-state index is 13.7. The van der Waals surface area contributed by atoms with E-state index in [0.29, 0.717) is 35.8 Å². The molecule has 0 bridgehead atoms. The van der Waals surface area contributed by atoms with Gasteiger partial charge in [-0.2, -0.15) is 0 Å². The predicted octanol–water partition coefficient (Wildman–Crippen LogP) is 3.25. The summed E-state index contributed by atoms with van der Waals surface area (Å²) in [4.78, 5) is 14.6. The molecule has 0 saturated heterocycles. The van der Waals surface area contributed by atoms with Gasteiger partial charge in [-0.05, 0) is 30.8 Å². The summed E-state index contributed by atoms with van der Waals surface area (Å²) in [7, 11) is 3.74. The van der Waals surface area contributed by atoms with Gasteiger partial charge in [0.2, 0.25) is 0 Å². The lowest BCUT2D eigenvalue weighted by molar-refractivity contribution is -0.110. The van der Waals surface area contributed by atoms with Crippen LogP contribution in [0.15, 0.2) is 36.4 Å². The molecule has 0 aliphatic carbocycles. The number of hydrogen-bond acceptors (Lipinski definition) is 4. The summed E-state index contributed by atoms with van der Waals surface area (Å²) in [5.74, 6) is -0.121. The molecule has 2 heterocycles. The van der Waals surface area contributed by atoms with Gasteiger partial charge in [-0.15, -0.1) is 0 Å². The van der Waals surface area contributed by atoms with Gasteiger partial charge in [0, 0.05) is 42.6 Å². The SMILES string of the molecule is COCCN(C)Cc1ccc2c(c1)CO/C2=C1/C(=O)Nc2ccc(F)cc21. The summed E-state index contributed by atoms with van der Waals surface area (Å²) in [5, 5.41) is 2.78. The molecule has 6 heteroatoms. The van der Waals surface area contributed by atoms with Gasteiger partial charge in [-0.25, -0.2) is 4.39 Å². The molecule has 0 saturated carbocycles. The number of amides is 1. The Balaban J connectivity index is 1.66. The van der Waals surface area contributed by atoms with Gasteiger partial charge in [0.25, 0.3) is 5.91 Å². The van der Waals surface area contributed by atoms with Crippen LogP contribution in [0.1, 0.15) is 22.3 Å². The Morgan fingerprint density at radius 2 is 2.07 bits per heavy atom. The number of methoxy groups -OCH3 is 1. The van der Waals surface area contributed by atoms with Gasteiger partial charge in [0.1, 0.15) is 18.2 Å². The monoisotopic (exact) mass is 368 g/mol. The van der Waals surface area contributed by atoms with Crippen LogP contribution >= 0.6 is 0 Å². The van der Waals surface area contributed by atoms with E-state index in [2.05, 4.69) is 16.3 Å². The minimum Gasteiger partial charge on any atom is -0.487 e. The van der Waals surface area contributed by atoms with Crippen molar-refractivity contribution in [1.82, 2.24) is 4.90 Å². The van der Waals surface area contributed by atoms with Crippen LogP contribution in [0.3, 0.4) is 0 Å². The molecule has 2 aliphatic heterocycles. The van der Waals surface area contributed by atoms with Gasteiger partial charge in [-0.1, -0.05) is 18.2 Å². The number of nitrogens with one attached hydrogen (secondary N) is 1. The second-order valence-corrected chi connectivity index (χ2v) is 6.86. The van der Waals surface area contributed by atoms with E-state index >= 15 is 0 Å². The summed E-state index contributed by atoms with van der Waals surface area (Å²) in [6, 6.07) is 10.4. The smallest absolute Gasteiger partial charge is 0.260 e. The molecule has 5 nitrogen and oxygen atoms in total. The van der Waals surface area contributed by atoms with E-state index in [1.54, 1.807) is 13.2 Å². The van der Waals surface area contributed by atoms with E-state index in [0.717, 1.165) is 24.2 Å². The Labute approximate surface area is 157 Å². The van der Waals surface area contributed by atoms with Crippen LogP contribution < -0.4 is 5.32 Å². The molecule has 1 N–H and O–H groups in total. The van der Waals surface area contributed by atoms with Crippen LogP contribution in [-0.4, -0.2) is 38.1 Å². The summed E-state index contributed by atoms with van der Waals surface area (Å²) in [5.41, 5.74) is 4.65. The van der Waals surface area contributed by atoms with Crippen molar-refractivity contribution >= 4 is 22.9 Å². The van der Waals surface area contributed by atoms with Crippen LogP contribution in [-0.2, 0) is 27.4 Å². The molecule has 2 aliphatic rings. The molecule has 0 spiro atoms. The first-order valence-electron chi connectivity index (χ1n) is 8.85. The predicted molar refractivity (Wildman–Crippen MR) is 101 cm³/mol. The van der Waals surface area contributed by atoms with Crippen molar-refractivity contribution in [1.29, 1.82) is 0 Å². The highest BCUT2D eigenvalue weighted by Gasteiger charge is 2.32. The summed E-state index contributed by atoms with van der Waals surface area (Å²) >= 11 is 0. The molecule has 27 heavy (non-hydrogen) atoms. The first kappa shape index (κ1) is 17.7. The zero-order valence-electron chi connectivity index (χ0n) is 15.3. The zero-order chi connectivity index (χ0) is 19.0. The van der Waals surface area contributed by atoms with Crippen LogP contribution in [0.2, 0.25) is 0 Å². The summed E-state index contributed by atoms with van der Waals surface area (Å²) < 4.78 is 24.7. The van der Waals surface area contributed by atoms with Gasteiger partial charge < -0.3 is 14.8 Å². The molecule has 0 fully saturated rings. The maximum Gasteiger partial charge on any atom is 0.260 e. The highest BCUT2D eigenvalue weighted by Crippen LogP contribution is 2.41.